The van der Waals surface area contributed by atoms with Crippen molar-refractivity contribution in [2.45, 2.75) is 18.9 Å². The zero-order valence-corrected chi connectivity index (χ0v) is 12.8. The van der Waals surface area contributed by atoms with E-state index in [1.165, 1.54) is 21.9 Å². The summed E-state index contributed by atoms with van der Waals surface area (Å²) in [7, 11) is 3.35. The molecule has 2 heterocycles. The number of likely N-dealkylation sites (N-methyl/N-ethyl adjacent to an activating group) is 1. The molecule has 2 amide bonds. The summed E-state index contributed by atoms with van der Waals surface area (Å²) in [5, 5.41) is 0.440. The molecule has 1 aromatic rings. The number of rotatable bonds is 2. The molecule has 20 heavy (non-hydrogen) atoms. The molecule has 0 N–H and O–H groups in total. The molecule has 1 aliphatic heterocycles. The minimum atomic E-state index is -0.450. The number of halogens is 2. The van der Waals surface area contributed by atoms with E-state index in [1.54, 1.807) is 14.1 Å². The molecule has 1 aromatic heterocycles. The molecule has 0 saturated carbocycles. The van der Waals surface area contributed by atoms with Crippen LogP contribution in [-0.2, 0) is 4.79 Å². The standard InChI is InChI=1S/C13H15Cl2N3O2/c1-17(2)12(19)9-4-3-7-18(9)13(20)11-8(14)5-6-10(15)16-11/h5-6,9H,3-4,7H2,1-2H3. The first kappa shape index (κ1) is 15.1. The van der Waals surface area contributed by atoms with Crippen LogP contribution in [0, 0.1) is 0 Å². The summed E-state index contributed by atoms with van der Waals surface area (Å²) in [6.07, 6.45) is 1.44. The molecule has 0 aliphatic carbocycles. The van der Waals surface area contributed by atoms with Crippen LogP contribution in [0.25, 0.3) is 0 Å². The molecule has 1 fully saturated rings. The van der Waals surface area contributed by atoms with Gasteiger partial charge in [-0.05, 0) is 25.0 Å². The third-order valence-corrected chi connectivity index (χ3v) is 3.77. The van der Waals surface area contributed by atoms with Gasteiger partial charge in [-0.25, -0.2) is 4.98 Å². The number of hydrogen-bond donors (Lipinski definition) is 0. The zero-order chi connectivity index (χ0) is 14.9. The molecule has 1 saturated heterocycles. The molecule has 0 aromatic carbocycles. The van der Waals surface area contributed by atoms with Gasteiger partial charge in [0, 0.05) is 20.6 Å². The smallest absolute Gasteiger partial charge is 0.274 e. The summed E-state index contributed by atoms with van der Waals surface area (Å²) in [6.45, 7) is 0.521. The molecule has 0 radical (unpaired) electrons. The minimum Gasteiger partial charge on any atom is -0.347 e. The van der Waals surface area contributed by atoms with Gasteiger partial charge in [0.05, 0.1) is 5.02 Å². The lowest BCUT2D eigenvalue weighted by atomic mass is 10.2. The Morgan fingerprint density at radius 2 is 2.05 bits per heavy atom. The van der Waals surface area contributed by atoms with Gasteiger partial charge in [-0.3, -0.25) is 9.59 Å². The zero-order valence-electron chi connectivity index (χ0n) is 11.3. The minimum absolute atomic E-state index is 0.0889. The predicted molar refractivity (Wildman–Crippen MR) is 77.0 cm³/mol. The second-order valence-corrected chi connectivity index (χ2v) is 5.65. The Balaban J connectivity index is 2.28. The number of pyridine rings is 1. The molecule has 1 atom stereocenters. The van der Waals surface area contributed by atoms with Crippen LogP contribution in [0.15, 0.2) is 12.1 Å². The van der Waals surface area contributed by atoms with Crippen LogP contribution in [0.5, 0.6) is 0 Å². The van der Waals surface area contributed by atoms with Crippen molar-refractivity contribution in [3.8, 4) is 0 Å². The summed E-state index contributed by atoms with van der Waals surface area (Å²) < 4.78 is 0. The van der Waals surface area contributed by atoms with Crippen LogP contribution in [0.3, 0.4) is 0 Å². The first-order valence-corrected chi connectivity index (χ1v) is 7.01. The fourth-order valence-corrected chi connectivity index (χ4v) is 2.60. The Kier molecular flexibility index (Phi) is 4.50. The van der Waals surface area contributed by atoms with Crippen LogP contribution < -0.4 is 0 Å². The Labute approximate surface area is 127 Å². The van der Waals surface area contributed by atoms with E-state index < -0.39 is 6.04 Å². The molecule has 5 nitrogen and oxygen atoms in total. The molecule has 1 unspecified atom stereocenters. The van der Waals surface area contributed by atoms with Gasteiger partial charge in [-0.15, -0.1) is 0 Å². The fourth-order valence-electron chi connectivity index (χ4n) is 2.27. The van der Waals surface area contributed by atoms with Crippen LogP contribution in [-0.4, -0.2) is 53.3 Å². The summed E-state index contributed by atoms with van der Waals surface area (Å²) in [5.74, 6) is -0.441. The Bertz CT molecular complexity index is 548. The van der Waals surface area contributed by atoms with Crippen LogP contribution >= 0.6 is 23.2 Å². The van der Waals surface area contributed by atoms with Gasteiger partial charge in [-0.2, -0.15) is 0 Å². The normalized spacial score (nSPS) is 18.2. The molecule has 0 spiro atoms. The Morgan fingerprint density at radius 3 is 2.70 bits per heavy atom. The van der Waals surface area contributed by atoms with E-state index in [-0.39, 0.29) is 27.7 Å². The van der Waals surface area contributed by atoms with E-state index in [1.807, 2.05) is 0 Å². The third-order valence-electron chi connectivity index (χ3n) is 3.25. The van der Waals surface area contributed by atoms with E-state index in [0.29, 0.717) is 13.0 Å². The number of carbonyl (C=O) groups is 2. The largest absolute Gasteiger partial charge is 0.347 e. The van der Waals surface area contributed by atoms with Gasteiger partial charge < -0.3 is 9.80 Å². The van der Waals surface area contributed by atoms with Gasteiger partial charge in [0.15, 0.2) is 0 Å². The highest BCUT2D eigenvalue weighted by molar-refractivity contribution is 6.34. The van der Waals surface area contributed by atoms with E-state index in [9.17, 15) is 9.59 Å². The highest BCUT2D eigenvalue weighted by Gasteiger charge is 2.36. The molecular formula is C13H15Cl2N3O2. The second kappa shape index (κ2) is 5.97. The molecule has 1 aliphatic rings. The topological polar surface area (TPSA) is 53.5 Å². The number of likely N-dealkylation sites (tertiary alicyclic amines) is 1. The number of nitrogens with zero attached hydrogens (tertiary/aromatic N) is 3. The van der Waals surface area contributed by atoms with Crippen molar-refractivity contribution in [1.82, 2.24) is 14.8 Å². The average molecular weight is 316 g/mol. The van der Waals surface area contributed by atoms with Crippen molar-refractivity contribution in [3.63, 3.8) is 0 Å². The monoisotopic (exact) mass is 315 g/mol. The summed E-state index contributed by atoms with van der Waals surface area (Å²) in [6, 6.07) is 2.60. The van der Waals surface area contributed by atoms with Gasteiger partial charge in [0.1, 0.15) is 16.9 Å². The Morgan fingerprint density at radius 1 is 1.35 bits per heavy atom. The summed E-state index contributed by atoms with van der Waals surface area (Å²) in [4.78, 5) is 31.6. The van der Waals surface area contributed by atoms with E-state index >= 15 is 0 Å². The van der Waals surface area contributed by atoms with Crippen molar-refractivity contribution >= 4 is 35.0 Å². The van der Waals surface area contributed by atoms with Gasteiger partial charge in [0.25, 0.3) is 5.91 Å². The van der Waals surface area contributed by atoms with E-state index in [2.05, 4.69) is 4.98 Å². The maximum absolute atomic E-state index is 12.5. The average Bonchev–Trinajstić information content (AvgIpc) is 2.88. The number of aromatic nitrogens is 1. The van der Waals surface area contributed by atoms with Crippen LogP contribution in [0.1, 0.15) is 23.3 Å². The predicted octanol–water partition coefficient (Wildman–Crippen LogP) is 2.08. The number of carbonyl (C=O) groups excluding carboxylic acids is 2. The molecule has 0 bridgehead atoms. The van der Waals surface area contributed by atoms with Gasteiger partial charge in [0.2, 0.25) is 5.91 Å². The molecular weight excluding hydrogens is 301 g/mol. The first-order valence-electron chi connectivity index (χ1n) is 6.26. The van der Waals surface area contributed by atoms with Crippen molar-refractivity contribution in [3.05, 3.63) is 28.0 Å². The highest BCUT2D eigenvalue weighted by atomic mass is 35.5. The molecule has 2 rings (SSSR count). The van der Waals surface area contributed by atoms with Crippen molar-refractivity contribution < 1.29 is 9.59 Å². The lowest BCUT2D eigenvalue weighted by Crippen LogP contribution is -2.45. The summed E-state index contributed by atoms with van der Waals surface area (Å²) >= 11 is 11.8. The number of hydrogen-bond acceptors (Lipinski definition) is 3. The van der Waals surface area contributed by atoms with E-state index in [4.69, 9.17) is 23.2 Å². The number of amides is 2. The van der Waals surface area contributed by atoms with Crippen molar-refractivity contribution in [2.75, 3.05) is 20.6 Å². The lowest BCUT2D eigenvalue weighted by Gasteiger charge is -2.26. The molecule has 108 valence electrons. The highest BCUT2D eigenvalue weighted by Crippen LogP contribution is 2.24. The van der Waals surface area contributed by atoms with Crippen LogP contribution in [0.4, 0.5) is 0 Å². The fraction of sp³-hybridized carbons (Fsp3) is 0.462. The maximum atomic E-state index is 12.5. The van der Waals surface area contributed by atoms with Gasteiger partial charge in [-0.1, -0.05) is 23.2 Å². The van der Waals surface area contributed by atoms with Crippen molar-refractivity contribution in [2.24, 2.45) is 0 Å². The SMILES string of the molecule is CN(C)C(=O)C1CCCN1C(=O)c1nc(Cl)ccc1Cl. The third kappa shape index (κ3) is 2.88. The summed E-state index contributed by atoms with van der Waals surface area (Å²) in [5.41, 5.74) is 0.0950. The maximum Gasteiger partial charge on any atom is 0.274 e. The second-order valence-electron chi connectivity index (χ2n) is 4.85. The van der Waals surface area contributed by atoms with Crippen molar-refractivity contribution in [1.29, 1.82) is 0 Å². The first-order chi connectivity index (χ1) is 9.41. The Hall–Kier alpha value is -1.33. The molecule has 7 heteroatoms. The lowest BCUT2D eigenvalue weighted by molar-refractivity contribution is -0.132. The quantitative estimate of drug-likeness (QED) is 0.785. The van der Waals surface area contributed by atoms with Crippen LogP contribution in [0.2, 0.25) is 10.2 Å². The van der Waals surface area contributed by atoms with Gasteiger partial charge >= 0.3 is 0 Å². The van der Waals surface area contributed by atoms with E-state index in [0.717, 1.165) is 6.42 Å².